The fourth-order valence-electron chi connectivity index (χ4n) is 3.45. The van der Waals surface area contributed by atoms with Crippen molar-refractivity contribution in [2.75, 3.05) is 13.1 Å². The van der Waals surface area contributed by atoms with Gasteiger partial charge in [0.1, 0.15) is 5.60 Å². The van der Waals surface area contributed by atoms with Crippen LogP contribution in [0.3, 0.4) is 0 Å². The molecule has 1 aromatic heterocycles. The highest BCUT2D eigenvalue weighted by Crippen LogP contribution is 2.33. The second-order valence-corrected chi connectivity index (χ2v) is 7.59. The number of piperidine rings is 1. The first-order valence-corrected chi connectivity index (χ1v) is 8.48. The van der Waals surface area contributed by atoms with E-state index < -0.39 is 5.60 Å². The van der Waals surface area contributed by atoms with Gasteiger partial charge in [0.2, 0.25) is 0 Å². The van der Waals surface area contributed by atoms with Crippen LogP contribution in [0.1, 0.15) is 62.0 Å². The van der Waals surface area contributed by atoms with Crippen molar-refractivity contribution in [2.24, 2.45) is 0 Å². The first kappa shape index (κ1) is 16.0. The number of nitrogens with zero attached hydrogens (tertiary/aromatic N) is 2. The molecule has 4 heteroatoms. The van der Waals surface area contributed by atoms with Gasteiger partial charge in [0, 0.05) is 30.4 Å². The summed E-state index contributed by atoms with van der Waals surface area (Å²) >= 11 is 0. The highest BCUT2D eigenvalue weighted by atomic mass is 16.6. The lowest BCUT2D eigenvalue weighted by atomic mass is 9.90. The zero-order chi connectivity index (χ0) is 16.6. The fraction of sp³-hybridized carbons (Fsp3) is 0.579. The van der Waals surface area contributed by atoms with E-state index in [1.165, 1.54) is 16.8 Å². The molecule has 1 aliphatic heterocycles. The smallest absolute Gasteiger partial charge is 0.410 e. The number of amides is 1. The van der Waals surface area contributed by atoms with E-state index in [9.17, 15) is 4.79 Å². The van der Waals surface area contributed by atoms with Crippen molar-refractivity contribution < 1.29 is 9.53 Å². The molecule has 1 aliphatic carbocycles. The number of carbonyl (C=O) groups excluding carboxylic acids is 1. The number of carbonyl (C=O) groups is 1. The van der Waals surface area contributed by atoms with Crippen LogP contribution in [0.4, 0.5) is 4.79 Å². The van der Waals surface area contributed by atoms with Crippen LogP contribution in [0.25, 0.3) is 6.08 Å². The number of likely N-dealkylation sites (tertiary alicyclic amines) is 1. The third kappa shape index (κ3) is 3.57. The molecule has 4 nitrogen and oxygen atoms in total. The fourth-order valence-corrected chi connectivity index (χ4v) is 3.45. The van der Waals surface area contributed by atoms with Gasteiger partial charge in [-0.3, -0.25) is 4.98 Å². The van der Waals surface area contributed by atoms with Gasteiger partial charge < -0.3 is 9.64 Å². The van der Waals surface area contributed by atoms with Crippen LogP contribution in [0.5, 0.6) is 0 Å². The third-order valence-corrected chi connectivity index (χ3v) is 4.40. The number of fused-ring (bicyclic) bond motifs is 1. The number of pyridine rings is 1. The number of allylic oxidation sites excluding steroid dienone is 1. The Hall–Kier alpha value is -1.84. The van der Waals surface area contributed by atoms with Crippen molar-refractivity contribution in [3.8, 4) is 0 Å². The topological polar surface area (TPSA) is 42.4 Å². The summed E-state index contributed by atoms with van der Waals surface area (Å²) in [4.78, 5) is 19.0. The minimum absolute atomic E-state index is 0.204. The predicted octanol–water partition coefficient (Wildman–Crippen LogP) is 4.07. The monoisotopic (exact) mass is 314 g/mol. The van der Waals surface area contributed by atoms with Gasteiger partial charge in [-0.2, -0.15) is 0 Å². The molecule has 1 unspecified atom stereocenters. The first-order chi connectivity index (χ1) is 10.8. The molecular formula is C19H26N2O2. The minimum Gasteiger partial charge on any atom is -0.444 e. The van der Waals surface area contributed by atoms with Gasteiger partial charge in [0.15, 0.2) is 0 Å². The Morgan fingerprint density at radius 2 is 2.17 bits per heavy atom. The molecule has 124 valence electrons. The van der Waals surface area contributed by atoms with Gasteiger partial charge in [-0.1, -0.05) is 12.2 Å². The maximum Gasteiger partial charge on any atom is 0.410 e. The average Bonchev–Trinajstić information content (AvgIpc) is 2.92. The molecule has 0 saturated carbocycles. The van der Waals surface area contributed by atoms with E-state index in [0.29, 0.717) is 12.5 Å². The number of rotatable bonds is 1. The molecule has 1 atom stereocenters. The van der Waals surface area contributed by atoms with Crippen molar-refractivity contribution in [1.82, 2.24) is 9.88 Å². The number of hydrogen-bond acceptors (Lipinski definition) is 3. The van der Waals surface area contributed by atoms with Gasteiger partial charge in [0.25, 0.3) is 0 Å². The number of ether oxygens (including phenoxy) is 1. The van der Waals surface area contributed by atoms with Gasteiger partial charge in [0.05, 0.1) is 0 Å². The quantitative estimate of drug-likeness (QED) is 0.784. The first-order valence-electron chi connectivity index (χ1n) is 8.48. The lowest BCUT2D eigenvalue weighted by molar-refractivity contribution is 0.0197. The van der Waals surface area contributed by atoms with Crippen LogP contribution in [-0.2, 0) is 11.2 Å². The number of aromatic nitrogens is 1. The molecule has 3 rings (SSSR count). The van der Waals surface area contributed by atoms with E-state index in [1.54, 1.807) is 0 Å². The van der Waals surface area contributed by atoms with Crippen LogP contribution in [0, 0.1) is 6.92 Å². The molecule has 0 aromatic carbocycles. The minimum atomic E-state index is -0.448. The van der Waals surface area contributed by atoms with Crippen LogP contribution >= 0.6 is 0 Å². The van der Waals surface area contributed by atoms with Gasteiger partial charge in [-0.05, 0) is 64.2 Å². The Bertz CT molecular complexity index is 644. The Kier molecular flexibility index (Phi) is 4.17. The highest BCUT2D eigenvalue weighted by Gasteiger charge is 2.30. The van der Waals surface area contributed by atoms with E-state index >= 15 is 0 Å². The van der Waals surface area contributed by atoms with E-state index in [4.69, 9.17) is 9.72 Å². The normalized spacial score (nSPS) is 20.5. The third-order valence-electron chi connectivity index (χ3n) is 4.40. The Labute approximate surface area is 138 Å². The molecule has 0 radical (unpaired) electrons. The Morgan fingerprint density at radius 1 is 1.39 bits per heavy atom. The number of aryl methyl sites for hydroxylation is 1. The molecule has 1 amide bonds. The lowest BCUT2D eigenvalue weighted by Gasteiger charge is -2.34. The molecule has 1 saturated heterocycles. The summed E-state index contributed by atoms with van der Waals surface area (Å²) < 4.78 is 5.53. The Morgan fingerprint density at radius 3 is 2.91 bits per heavy atom. The molecule has 23 heavy (non-hydrogen) atoms. The molecule has 0 spiro atoms. The molecule has 1 aromatic rings. The summed E-state index contributed by atoms with van der Waals surface area (Å²) in [6.45, 7) is 9.26. The summed E-state index contributed by atoms with van der Waals surface area (Å²) in [5, 5.41) is 0. The van der Waals surface area contributed by atoms with Gasteiger partial charge in [-0.15, -0.1) is 0 Å². The molecule has 2 aliphatic rings. The van der Waals surface area contributed by atoms with Crippen molar-refractivity contribution in [3.05, 3.63) is 34.7 Å². The van der Waals surface area contributed by atoms with Gasteiger partial charge >= 0.3 is 6.09 Å². The van der Waals surface area contributed by atoms with Crippen molar-refractivity contribution in [3.63, 3.8) is 0 Å². The van der Waals surface area contributed by atoms with E-state index in [0.717, 1.165) is 31.5 Å². The van der Waals surface area contributed by atoms with Crippen LogP contribution in [0.2, 0.25) is 0 Å². The Balaban J connectivity index is 1.79. The second kappa shape index (κ2) is 5.99. The zero-order valence-electron chi connectivity index (χ0n) is 14.6. The maximum atomic E-state index is 12.4. The predicted molar refractivity (Wildman–Crippen MR) is 91.5 cm³/mol. The van der Waals surface area contributed by atoms with Gasteiger partial charge in [-0.25, -0.2) is 4.79 Å². The highest BCUT2D eigenvalue weighted by molar-refractivity contribution is 5.68. The van der Waals surface area contributed by atoms with E-state index in [1.807, 2.05) is 32.6 Å². The number of hydrogen-bond donors (Lipinski definition) is 0. The van der Waals surface area contributed by atoms with Crippen LogP contribution < -0.4 is 0 Å². The van der Waals surface area contributed by atoms with Crippen LogP contribution in [-0.4, -0.2) is 34.7 Å². The van der Waals surface area contributed by atoms with E-state index in [-0.39, 0.29) is 6.09 Å². The summed E-state index contributed by atoms with van der Waals surface area (Å²) in [7, 11) is 0. The summed E-state index contributed by atoms with van der Waals surface area (Å²) in [6.07, 6.45) is 7.22. The van der Waals surface area contributed by atoms with Crippen molar-refractivity contribution >= 4 is 12.2 Å². The molecule has 0 bridgehead atoms. The summed E-state index contributed by atoms with van der Waals surface area (Å²) in [5.41, 5.74) is 4.42. The maximum absolute atomic E-state index is 12.4. The van der Waals surface area contributed by atoms with Crippen molar-refractivity contribution in [1.29, 1.82) is 0 Å². The summed E-state index contributed by atoms with van der Waals surface area (Å²) in [5.74, 6) is 0.310. The SMILES string of the molecule is Cc1cc2c(c(C3CCCN(C(=O)OC(C)(C)C)C3)n1)CC=C2. The zero-order valence-corrected chi connectivity index (χ0v) is 14.6. The van der Waals surface area contributed by atoms with Crippen LogP contribution in [0.15, 0.2) is 12.1 Å². The lowest BCUT2D eigenvalue weighted by Crippen LogP contribution is -2.42. The van der Waals surface area contributed by atoms with Crippen molar-refractivity contribution in [2.45, 2.75) is 58.5 Å². The molecular weight excluding hydrogens is 288 g/mol. The largest absolute Gasteiger partial charge is 0.444 e. The average molecular weight is 314 g/mol. The second-order valence-electron chi connectivity index (χ2n) is 7.59. The molecule has 1 fully saturated rings. The summed E-state index contributed by atoms with van der Waals surface area (Å²) in [6, 6.07) is 2.15. The molecule has 2 heterocycles. The van der Waals surface area contributed by atoms with E-state index in [2.05, 4.69) is 18.2 Å². The molecule has 0 N–H and O–H groups in total. The standard InChI is InChI=1S/C19H26N2O2/c1-13-11-14-7-5-9-16(14)17(20-13)15-8-6-10-21(12-15)18(22)23-19(2,3)4/h5,7,11,15H,6,8-10,12H2,1-4H3.